The number of hydrogen-bond acceptors (Lipinski definition) is 5. The minimum absolute atomic E-state index is 0.328. The molecule has 0 saturated heterocycles. The SMILES string of the molecule is CCCOc1cc(Br)c(C=NNC(=O)c2cccc(OC)c2)cc1OC. The molecular formula is C19H21BrN2O4. The number of methoxy groups -OCH3 is 2. The van der Waals surface area contributed by atoms with Crippen LogP contribution in [0.3, 0.4) is 0 Å². The van der Waals surface area contributed by atoms with E-state index in [4.69, 9.17) is 14.2 Å². The molecule has 2 aromatic carbocycles. The molecule has 0 atom stereocenters. The second kappa shape index (κ2) is 9.82. The Morgan fingerprint density at radius 2 is 2.00 bits per heavy atom. The molecule has 0 heterocycles. The van der Waals surface area contributed by atoms with Crippen molar-refractivity contribution in [1.82, 2.24) is 5.43 Å². The van der Waals surface area contributed by atoms with Crippen LogP contribution in [0.2, 0.25) is 0 Å². The maximum absolute atomic E-state index is 12.1. The third-order valence-electron chi connectivity index (χ3n) is 3.45. The van der Waals surface area contributed by atoms with E-state index in [1.807, 2.05) is 13.0 Å². The van der Waals surface area contributed by atoms with Crippen LogP contribution in [0.1, 0.15) is 29.3 Å². The minimum atomic E-state index is -0.328. The van der Waals surface area contributed by atoms with Gasteiger partial charge < -0.3 is 14.2 Å². The normalized spacial score (nSPS) is 10.6. The molecule has 2 rings (SSSR count). The fraction of sp³-hybridized carbons (Fsp3) is 0.263. The first kappa shape index (κ1) is 19.8. The Morgan fingerprint density at radius 3 is 2.69 bits per heavy atom. The van der Waals surface area contributed by atoms with Crippen molar-refractivity contribution in [3.8, 4) is 17.2 Å². The first-order valence-electron chi connectivity index (χ1n) is 8.06. The van der Waals surface area contributed by atoms with Crippen LogP contribution in [0.4, 0.5) is 0 Å². The number of nitrogens with one attached hydrogen (secondary N) is 1. The van der Waals surface area contributed by atoms with Gasteiger partial charge in [0.15, 0.2) is 11.5 Å². The minimum Gasteiger partial charge on any atom is -0.497 e. The number of hydrogen-bond donors (Lipinski definition) is 1. The lowest BCUT2D eigenvalue weighted by Gasteiger charge is -2.12. The Labute approximate surface area is 161 Å². The van der Waals surface area contributed by atoms with Gasteiger partial charge in [-0.15, -0.1) is 0 Å². The van der Waals surface area contributed by atoms with Gasteiger partial charge in [0.25, 0.3) is 5.91 Å². The highest BCUT2D eigenvalue weighted by Crippen LogP contribution is 2.33. The van der Waals surface area contributed by atoms with Crippen molar-refractivity contribution in [2.45, 2.75) is 13.3 Å². The van der Waals surface area contributed by atoms with Crippen LogP contribution in [0.15, 0.2) is 46.0 Å². The maximum Gasteiger partial charge on any atom is 0.271 e. The molecule has 0 saturated carbocycles. The molecule has 1 N–H and O–H groups in total. The van der Waals surface area contributed by atoms with Crippen LogP contribution in [-0.2, 0) is 0 Å². The van der Waals surface area contributed by atoms with Crippen LogP contribution in [0, 0.1) is 0 Å². The number of amides is 1. The Bertz CT molecular complexity index is 793. The lowest BCUT2D eigenvalue weighted by molar-refractivity contribution is 0.0955. The summed E-state index contributed by atoms with van der Waals surface area (Å²) in [7, 11) is 3.13. The highest BCUT2D eigenvalue weighted by Gasteiger charge is 2.10. The second-order valence-electron chi connectivity index (χ2n) is 5.30. The van der Waals surface area contributed by atoms with Gasteiger partial charge >= 0.3 is 0 Å². The van der Waals surface area contributed by atoms with Gasteiger partial charge in [0.1, 0.15) is 5.75 Å². The number of carbonyl (C=O) groups excluding carboxylic acids is 1. The van der Waals surface area contributed by atoms with E-state index in [1.54, 1.807) is 44.6 Å². The molecule has 0 spiro atoms. The van der Waals surface area contributed by atoms with Crippen molar-refractivity contribution < 1.29 is 19.0 Å². The number of hydrazone groups is 1. The highest BCUT2D eigenvalue weighted by atomic mass is 79.9. The van der Waals surface area contributed by atoms with Crippen LogP contribution in [0.5, 0.6) is 17.2 Å². The molecule has 0 aliphatic carbocycles. The van der Waals surface area contributed by atoms with E-state index in [0.717, 1.165) is 16.5 Å². The van der Waals surface area contributed by atoms with Crippen molar-refractivity contribution >= 4 is 28.1 Å². The molecule has 0 fully saturated rings. The van der Waals surface area contributed by atoms with E-state index in [1.165, 1.54) is 6.21 Å². The molecule has 0 bridgehead atoms. The molecule has 26 heavy (non-hydrogen) atoms. The zero-order valence-electron chi connectivity index (χ0n) is 14.9. The second-order valence-corrected chi connectivity index (χ2v) is 6.16. The summed E-state index contributed by atoms with van der Waals surface area (Å²) in [5.74, 6) is 1.53. The topological polar surface area (TPSA) is 69.2 Å². The van der Waals surface area contributed by atoms with Gasteiger partial charge in [-0.05, 0) is 52.7 Å². The summed E-state index contributed by atoms with van der Waals surface area (Å²) in [5, 5.41) is 4.01. The summed E-state index contributed by atoms with van der Waals surface area (Å²) in [4.78, 5) is 12.1. The van der Waals surface area contributed by atoms with Crippen LogP contribution in [0.25, 0.3) is 0 Å². The van der Waals surface area contributed by atoms with Gasteiger partial charge in [-0.25, -0.2) is 5.43 Å². The molecular weight excluding hydrogens is 400 g/mol. The van der Waals surface area contributed by atoms with Crippen molar-refractivity contribution in [1.29, 1.82) is 0 Å². The van der Waals surface area contributed by atoms with E-state index in [-0.39, 0.29) is 5.91 Å². The summed E-state index contributed by atoms with van der Waals surface area (Å²) in [6, 6.07) is 10.4. The van der Waals surface area contributed by atoms with E-state index < -0.39 is 0 Å². The highest BCUT2D eigenvalue weighted by molar-refractivity contribution is 9.10. The van der Waals surface area contributed by atoms with Crippen LogP contribution in [-0.4, -0.2) is 32.9 Å². The molecule has 7 heteroatoms. The molecule has 0 unspecified atom stereocenters. The first-order valence-corrected chi connectivity index (χ1v) is 8.86. The Kier molecular flexibility index (Phi) is 7.47. The molecule has 6 nitrogen and oxygen atoms in total. The number of nitrogens with zero attached hydrogens (tertiary/aromatic N) is 1. The van der Waals surface area contributed by atoms with E-state index in [9.17, 15) is 4.79 Å². The maximum atomic E-state index is 12.1. The van der Waals surface area contributed by atoms with Gasteiger partial charge in [0, 0.05) is 15.6 Å². The van der Waals surface area contributed by atoms with E-state index in [0.29, 0.717) is 29.4 Å². The van der Waals surface area contributed by atoms with Gasteiger partial charge in [0.2, 0.25) is 0 Å². The third kappa shape index (κ3) is 5.23. The number of benzene rings is 2. The zero-order chi connectivity index (χ0) is 18.9. The number of rotatable bonds is 8. The summed E-state index contributed by atoms with van der Waals surface area (Å²) in [6.45, 7) is 2.64. The zero-order valence-corrected chi connectivity index (χ0v) is 16.5. The Morgan fingerprint density at radius 1 is 1.19 bits per heavy atom. The molecule has 0 aromatic heterocycles. The van der Waals surface area contributed by atoms with Gasteiger partial charge in [0.05, 0.1) is 27.0 Å². The molecule has 0 aliphatic rings. The summed E-state index contributed by atoms with van der Waals surface area (Å²) in [5.41, 5.74) is 3.70. The predicted octanol–water partition coefficient (Wildman–Crippen LogP) is 4.02. The Hall–Kier alpha value is -2.54. The average Bonchev–Trinajstić information content (AvgIpc) is 2.67. The molecule has 1 amide bonds. The van der Waals surface area contributed by atoms with Crippen LogP contribution < -0.4 is 19.6 Å². The fourth-order valence-electron chi connectivity index (χ4n) is 2.12. The predicted molar refractivity (Wildman–Crippen MR) is 105 cm³/mol. The van der Waals surface area contributed by atoms with Gasteiger partial charge in [-0.1, -0.05) is 13.0 Å². The summed E-state index contributed by atoms with van der Waals surface area (Å²) >= 11 is 3.48. The molecule has 2 aromatic rings. The number of carbonyl (C=O) groups is 1. The van der Waals surface area contributed by atoms with Gasteiger partial charge in [-0.3, -0.25) is 4.79 Å². The first-order chi connectivity index (χ1) is 12.6. The van der Waals surface area contributed by atoms with Crippen molar-refractivity contribution in [2.24, 2.45) is 5.10 Å². The third-order valence-corrected chi connectivity index (χ3v) is 4.13. The number of ether oxygens (including phenoxy) is 3. The average molecular weight is 421 g/mol. The van der Waals surface area contributed by atoms with Crippen LogP contribution >= 0.6 is 15.9 Å². The number of halogens is 1. The molecule has 0 radical (unpaired) electrons. The fourth-order valence-corrected chi connectivity index (χ4v) is 2.55. The quantitative estimate of drug-likeness (QED) is 0.517. The summed E-state index contributed by atoms with van der Waals surface area (Å²) < 4.78 is 16.9. The van der Waals surface area contributed by atoms with E-state index >= 15 is 0 Å². The molecule has 138 valence electrons. The van der Waals surface area contributed by atoms with Crippen molar-refractivity contribution in [3.63, 3.8) is 0 Å². The Balaban J connectivity index is 2.10. The summed E-state index contributed by atoms with van der Waals surface area (Å²) in [6.07, 6.45) is 2.44. The van der Waals surface area contributed by atoms with Crippen molar-refractivity contribution in [3.05, 3.63) is 52.0 Å². The molecule has 0 aliphatic heterocycles. The lowest BCUT2D eigenvalue weighted by atomic mass is 10.2. The largest absolute Gasteiger partial charge is 0.497 e. The standard InChI is InChI=1S/C19H21BrN2O4/c1-4-8-26-18-11-16(20)14(10-17(18)25-3)12-21-22-19(23)13-6-5-7-15(9-13)24-2/h5-7,9-12H,4,8H2,1-3H3,(H,22,23). The van der Waals surface area contributed by atoms with E-state index in [2.05, 4.69) is 26.5 Å². The monoisotopic (exact) mass is 420 g/mol. The smallest absolute Gasteiger partial charge is 0.271 e. The lowest BCUT2D eigenvalue weighted by Crippen LogP contribution is -2.17. The van der Waals surface area contributed by atoms with Crippen molar-refractivity contribution in [2.75, 3.05) is 20.8 Å². The van der Waals surface area contributed by atoms with Gasteiger partial charge in [-0.2, -0.15) is 5.10 Å².